The van der Waals surface area contributed by atoms with Gasteiger partial charge in [-0.15, -0.1) is 0 Å². The Kier molecular flexibility index (Phi) is 2.00. The first-order valence-electron chi connectivity index (χ1n) is 4.16. The van der Waals surface area contributed by atoms with Gasteiger partial charge in [-0.05, 0) is 25.1 Å². The van der Waals surface area contributed by atoms with Gasteiger partial charge in [-0.1, -0.05) is 11.6 Å². The molecule has 1 nitrogen and oxygen atoms in total. The Morgan fingerprint density at radius 1 is 1.46 bits per heavy atom. The second kappa shape index (κ2) is 3.04. The lowest BCUT2D eigenvalue weighted by atomic mass is 10.2. The van der Waals surface area contributed by atoms with Gasteiger partial charge in [0.1, 0.15) is 5.82 Å². The zero-order valence-corrected chi connectivity index (χ0v) is 7.98. The molecule has 1 aromatic heterocycles. The molecule has 0 atom stereocenters. The molecule has 0 aliphatic heterocycles. The first-order valence-corrected chi connectivity index (χ1v) is 4.54. The number of aryl methyl sites for hydroxylation is 1. The fraction of sp³-hybridized carbons (Fsp3) is 0.200. The molecule has 0 saturated heterocycles. The van der Waals surface area contributed by atoms with Crippen LogP contribution in [-0.2, 0) is 6.54 Å². The molecule has 0 fully saturated rings. The summed E-state index contributed by atoms with van der Waals surface area (Å²) in [6.45, 7) is 2.90. The Bertz CT molecular complexity index is 447. The van der Waals surface area contributed by atoms with Crippen LogP contribution in [0, 0.1) is 5.82 Å². The quantitative estimate of drug-likeness (QED) is 0.660. The van der Waals surface area contributed by atoms with Crippen LogP contribution < -0.4 is 0 Å². The third-order valence-corrected chi connectivity index (χ3v) is 2.44. The van der Waals surface area contributed by atoms with Crippen LogP contribution in [0.1, 0.15) is 6.92 Å². The number of halogens is 2. The topological polar surface area (TPSA) is 4.93 Å². The van der Waals surface area contributed by atoms with Gasteiger partial charge in [-0.2, -0.15) is 0 Å². The van der Waals surface area contributed by atoms with Crippen molar-refractivity contribution in [1.82, 2.24) is 4.57 Å². The molecule has 0 saturated carbocycles. The van der Waals surface area contributed by atoms with Gasteiger partial charge in [0.15, 0.2) is 0 Å². The fourth-order valence-corrected chi connectivity index (χ4v) is 1.62. The van der Waals surface area contributed by atoms with Crippen molar-refractivity contribution in [3.63, 3.8) is 0 Å². The van der Waals surface area contributed by atoms with Crippen molar-refractivity contribution in [2.24, 2.45) is 0 Å². The maximum atomic E-state index is 13.0. The minimum absolute atomic E-state index is 0.181. The molecule has 1 heterocycles. The predicted molar refractivity (Wildman–Crippen MR) is 52.6 cm³/mol. The van der Waals surface area contributed by atoms with E-state index < -0.39 is 0 Å². The molecule has 68 valence electrons. The summed E-state index contributed by atoms with van der Waals surface area (Å²) in [5.41, 5.74) is 0.980. The summed E-state index contributed by atoms with van der Waals surface area (Å²) >= 11 is 5.69. The van der Waals surface area contributed by atoms with Gasteiger partial charge in [0.25, 0.3) is 0 Å². The summed E-state index contributed by atoms with van der Waals surface area (Å²) in [6, 6.07) is 5.01. The molecule has 1 aromatic carbocycles. The highest BCUT2D eigenvalue weighted by molar-refractivity contribution is 6.31. The summed E-state index contributed by atoms with van der Waals surface area (Å²) in [6.07, 6.45) is 1.93. The van der Waals surface area contributed by atoms with Gasteiger partial charge in [-0.25, -0.2) is 4.39 Å². The standard InChI is InChI=1S/C10H9ClFN/c1-2-13-4-3-7-5-9(12)8(11)6-10(7)13/h3-6H,2H2,1H3. The van der Waals surface area contributed by atoms with E-state index in [4.69, 9.17) is 11.6 Å². The van der Waals surface area contributed by atoms with Crippen LogP contribution in [-0.4, -0.2) is 4.57 Å². The number of nitrogens with zero attached hydrogens (tertiary/aromatic N) is 1. The second-order valence-electron chi connectivity index (χ2n) is 2.93. The lowest BCUT2D eigenvalue weighted by Crippen LogP contribution is -1.90. The molecule has 13 heavy (non-hydrogen) atoms. The summed E-state index contributed by atoms with van der Waals surface area (Å²) in [4.78, 5) is 0. The van der Waals surface area contributed by atoms with E-state index in [1.54, 1.807) is 6.07 Å². The van der Waals surface area contributed by atoms with Crippen LogP contribution in [0.3, 0.4) is 0 Å². The van der Waals surface area contributed by atoms with E-state index in [0.717, 1.165) is 17.4 Å². The Morgan fingerprint density at radius 3 is 2.92 bits per heavy atom. The van der Waals surface area contributed by atoms with E-state index >= 15 is 0 Å². The van der Waals surface area contributed by atoms with Gasteiger partial charge in [-0.3, -0.25) is 0 Å². The molecule has 3 heteroatoms. The normalized spacial score (nSPS) is 11.0. The smallest absolute Gasteiger partial charge is 0.142 e. The predicted octanol–water partition coefficient (Wildman–Crippen LogP) is 3.45. The summed E-state index contributed by atoms with van der Waals surface area (Å²) < 4.78 is 15.0. The van der Waals surface area contributed by atoms with Gasteiger partial charge in [0.2, 0.25) is 0 Å². The SMILES string of the molecule is CCn1ccc2cc(F)c(Cl)cc21. The molecule has 0 unspecified atom stereocenters. The van der Waals surface area contributed by atoms with Crippen molar-refractivity contribution < 1.29 is 4.39 Å². The monoisotopic (exact) mass is 197 g/mol. The van der Waals surface area contributed by atoms with Crippen LogP contribution >= 0.6 is 11.6 Å². The molecule has 0 aliphatic rings. The lowest BCUT2D eigenvalue weighted by molar-refractivity contribution is 0.630. The average molecular weight is 198 g/mol. The van der Waals surface area contributed by atoms with Crippen LogP contribution in [0.5, 0.6) is 0 Å². The number of hydrogen-bond donors (Lipinski definition) is 0. The van der Waals surface area contributed by atoms with Crippen LogP contribution in [0.25, 0.3) is 10.9 Å². The van der Waals surface area contributed by atoms with Crippen LogP contribution in [0.15, 0.2) is 24.4 Å². The minimum atomic E-state index is -0.358. The fourth-order valence-electron chi connectivity index (χ4n) is 1.46. The number of fused-ring (bicyclic) bond motifs is 1. The Labute approximate surface area is 80.7 Å². The van der Waals surface area contributed by atoms with Crippen molar-refractivity contribution in [3.8, 4) is 0 Å². The van der Waals surface area contributed by atoms with Crippen molar-refractivity contribution in [1.29, 1.82) is 0 Å². The van der Waals surface area contributed by atoms with E-state index in [9.17, 15) is 4.39 Å². The Hall–Kier alpha value is -1.02. The molecular weight excluding hydrogens is 189 g/mol. The molecule has 2 aromatic rings. The molecule has 0 bridgehead atoms. The van der Waals surface area contributed by atoms with Crippen LogP contribution in [0.2, 0.25) is 5.02 Å². The Balaban J connectivity index is 2.77. The molecule has 0 N–H and O–H groups in total. The van der Waals surface area contributed by atoms with Gasteiger partial charge >= 0.3 is 0 Å². The molecular formula is C10H9ClFN. The van der Waals surface area contributed by atoms with Crippen LogP contribution in [0.4, 0.5) is 4.39 Å². The highest BCUT2D eigenvalue weighted by Gasteiger charge is 2.04. The van der Waals surface area contributed by atoms with Crippen molar-refractivity contribution in [2.45, 2.75) is 13.5 Å². The molecule has 0 amide bonds. The number of aromatic nitrogens is 1. The zero-order valence-electron chi connectivity index (χ0n) is 7.22. The van der Waals surface area contributed by atoms with E-state index in [0.29, 0.717) is 0 Å². The number of hydrogen-bond acceptors (Lipinski definition) is 0. The van der Waals surface area contributed by atoms with Gasteiger partial charge in [0.05, 0.1) is 5.02 Å². The molecule has 0 radical (unpaired) electrons. The molecule has 0 aliphatic carbocycles. The highest BCUT2D eigenvalue weighted by Crippen LogP contribution is 2.23. The van der Waals surface area contributed by atoms with Gasteiger partial charge in [0, 0.05) is 23.6 Å². The maximum Gasteiger partial charge on any atom is 0.142 e. The van der Waals surface area contributed by atoms with Crippen molar-refractivity contribution in [2.75, 3.05) is 0 Å². The van der Waals surface area contributed by atoms with Crippen molar-refractivity contribution in [3.05, 3.63) is 35.2 Å². The minimum Gasteiger partial charge on any atom is -0.348 e. The number of benzene rings is 1. The first-order chi connectivity index (χ1) is 6.22. The average Bonchev–Trinajstić information content (AvgIpc) is 2.48. The Morgan fingerprint density at radius 2 is 2.23 bits per heavy atom. The lowest BCUT2D eigenvalue weighted by Gasteiger charge is -2.01. The zero-order chi connectivity index (χ0) is 9.42. The van der Waals surface area contributed by atoms with E-state index in [-0.39, 0.29) is 10.8 Å². The van der Waals surface area contributed by atoms with E-state index in [1.165, 1.54) is 6.07 Å². The summed E-state index contributed by atoms with van der Waals surface area (Å²) in [7, 11) is 0. The van der Waals surface area contributed by atoms with Crippen molar-refractivity contribution >= 4 is 22.5 Å². The largest absolute Gasteiger partial charge is 0.348 e. The molecule has 0 spiro atoms. The second-order valence-corrected chi connectivity index (χ2v) is 3.33. The van der Waals surface area contributed by atoms with Gasteiger partial charge < -0.3 is 4.57 Å². The maximum absolute atomic E-state index is 13.0. The third kappa shape index (κ3) is 1.31. The summed E-state index contributed by atoms with van der Waals surface area (Å²) in [5.74, 6) is -0.358. The summed E-state index contributed by atoms with van der Waals surface area (Å²) in [5, 5.41) is 1.07. The first kappa shape index (κ1) is 8.57. The highest BCUT2D eigenvalue weighted by atomic mass is 35.5. The number of rotatable bonds is 1. The third-order valence-electron chi connectivity index (χ3n) is 2.15. The van der Waals surface area contributed by atoms with E-state index in [1.807, 2.05) is 23.8 Å². The molecule has 2 rings (SSSR count). The van der Waals surface area contributed by atoms with E-state index in [2.05, 4.69) is 0 Å².